The molecule has 0 amide bonds. The Kier molecular flexibility index (Phi) is 5.33. The van der Waals surface area contributed by atoms with Crippen molar-refractivity contribution in [3.05, 3.63) is 75.4 Å². The molecule has 9 heteroatoms. The van der Waals surface area contributed by atoms with Gasteiger partial charge in [-0.2, -0.15) is 9.40 Å². The molecule has 0 aliphatic carbocycles. The van der Waals surface area contributed by atoms with E-state index >= 15 is 0 Å². The van der Waals surface area contributed by atoms with Crippen LogP contribution in [-0.2, 0) is 16.6 Å². The molecule has 29 heavy (non-hydrogen) atoms. The van der Waals surface area contributed by atoms with Gasteiger partial charge in [0.25, 0.3) is 5.56 Å². The van der Waals surface area contributed by atoms with Gasteiger partial charge < -0.3 is 4.57 Å². The molecule has 1 aliphatic heterocycles. The number of pyridine rings is 1. The highest BCUT2D eigenvalue weighted by molar-refractivity contribution is 7.89. The molecule has 3 aromatic rings. The molecule has 3 heterocycles. The maximum atomic E-state index is 12.8. The minimum absolute atomic E-state index is 0.114. The van der Waals surface area contributed by atoms with E-state index in [-0.39, 0.29) is 17.0 Å². The number of hydrogen-bond acceptors (Lipinski definition) is 4. The third-order valence-corrected chi connectivity index (χ3v) is 7.38. The Morgan fingerprint density at radius 3 is 2.45 bits per heavy atom. The molecule has 0 saturated carbocycles. The molecular weight excluding hydrogens is 412 g/mol. The van der Waals surface area contributed by atoms with Gasteiger partial charge in [-0.3, -0.25) is 4.79 Å². The van der Waals surface area contributed by atoms with Crippen molar-refractivity contribution >= 4 is 21.6 Å². The van der Waals surface area contributed by atoms with E-state index in [4.69, 9.17) is 11.6 Å². The van der Waals surface area contributed by atoms with Crippen LogP contribution >= 0.6 is 11.6 Å². The van der Waals surface area contributed by atoms with Crippen molar-refractivity contribution in [1.29, 1.82) is 0 Å². The fourth-order valence-electron chi connectivity index (χ4n) is 3.48. The van der Waals surface area contributed by atoms with Crippen molar-refractivity contribution < 1.29 is 8.42 Å². The molecule has 0 radical (unpaired) electrons. The summed E-state index contributed by atoms with van der Waals surface area (Å²) in [6.07, 6.45) is 3.10. The minimum Gasteiger partial charge on any atom is -0.310 e. The van der Waals surface area contributed by atoms with Gasteiger partial charge in [-0.1, -0.05) is 29.8 Å². The highest BCUT2D eigenvalue weighted by Crippen LogP contribution is 2.25. The van der Waals surface area contributed by atoms with E-state index in [1.807, 2.05) is 37.3 Å². The molecular formula is C20H21ClN4O3S. The zero-order chi connectivity index (χ0) is 20.6. The predicted molar refractivity (Wildman–Crippen MR) is 111 cm³/mol. The van der Waals surface area contributed by atoms with Gasteiger partial charge >= 0.3 is 0 Å². The van der Waals surface area contributed by atoms with E-state index in [0.717, 1.165) is 18.5 Å². The Balaban J connectivity index is 1.70. The zero-order valence-corrected chi connectivity index (χ0v) is 17.5. The molecule has 0 bridgehead atoms. The maximum absolute atomic E-state index is 12.8. The first-order chi connectivity index (χ1) is 13.9. The Hall–Kier alpha value is -2.42. The lowest BCUT2D eigenvalue weighted by molar-refractivity contribution is 0.476. The lowest BCUT2D eigenvalue weighted by Crippen LogP contribution is -2.29. The van der Waals surface area contributed by atoms with Crippen molar-refractivity contribution in [2.45, 2.75) is 31.2 Å². The number of para-hydroxylation sites is 1. The van der Waals surface area contributed by atoms with Gasteiger partial charge in [0.1, 0.15) is 5.15 Å². The number of halogens is 1. The third-order valence-electron chi connectivity index (χ3n) is 5.11. The molecule has 4 rings (SSSR count). The molecule has 1 fully saturated rings. The Morgan fingerprint density at radius 1 is 1.07 bits per heavy atom. The molecule has 0 N–H and O–H groups in total. The second-order valence-corrected chi connectivity index (χ2v) is 9.34. The number of nitrogens with zero attached hydrogens (tertiary/aromatic N) is 4. The van der Waals surface area contributed by atoms with Crippen LogP contribution in [0.2, 0.25) is 5.15 Å². The van der Waals surface area contributed by atoms with Crippen molar-refractivity contribution in [3.63, 3.8) is 0 Å². The van der Waals surface area contributed by atoms with Crippen LogP contribution in [0, 0.1) is 6.92 Å². The monoisotopic (exact) mass is 432 g/mol. The SMILES string of the molecule is Cc1nn(-c2ccccc2)c(Cl)c1Cn1cc(S(=O)(=O)N2CCCC2)ccc1=O. The first-order valence-corrected chi connectivity index (χ1v) is 11.2. The number of sulfonamides is 1. The van der Waals surface area contributed by atoms with E-state index in [1.165, 1.54) is 27.2 Å². The van der Waals surface area contributed by atoms with Gasteiger partial charge in [-0.05, 0) is 38.0 Å². The third kappa shape index (κ3) is 3.75. The number of aromatic nitrogens is 3. The number of rotatable bonds is 5. The molecule has 0 atom stereocenters. The van der Waals surface area contributed by atoms with Crippen LogP contribution < -0.4 is 5.56 Å². The van der Waals surface area contributed by atoms with Gasteiger partial charge in [0.05, 0.1) is 22.8 Å². The summed E-state index contributed by atoms with van der Waals surface area (Å²) in [6.45, 7) is 2.97. The van der Waals surface area contributed by atoms with Gasteiger partial charge in [0.15, 0.2) is 0 Å². The average molecular weight is 433 g/mol. The Bertz CT molecular complexity index is 1200. The lowest BCUT2D eigenvalue weighted by Gasteiger charge is -2.16. The molecule has 1 aliphatic rings. The molecule has 7 nitrogen and oxygen atoms in total. The number of hydrogen-bond donors (Lipinski definition) is 0. The summed E-state index contributed by atoms with van der Waals surface area (Å²) >= 11 is 6.56. The molecule has 0 unspecified atom stereocenters. The summed E-state index contributed by atoms with van der Waals surface area (Å²) in [5, 5.41) is 4.88. The van der Waals surface area contributed by atoms with Crippen molar-refractivity contribution in [1.82, 2.24) is 18.7 Å². The minimum atomic E-state index is -3.61. The lowest BCUT2D eigenvalue weighted by atomic mass is 10.2. The Labute approximate surface area is 174 Å². The van der Waals surface area contributed by atoms with E-state index in [1.54, 1.807) is 4.68 Å². The summed E-state index contributed by atoms with van der Waals surface area (Å²) < 4.78 is 30.1. The summed E-state index contributed by atoms with van der Waals surface area (Å²) in [4.78, 5) is 12.5. The van der Waals surface area contributed by atoms with Crippen LogP contribution in [0.25, 0.3) is 5.69 Å². The molecule has 152 valence electrons. The highest BCUT2D eigenvalue weighted by atomic mass is 35.5. The molecule has 1 saturated heterocycles. The van der Waals surface area contributed by atoms with Crippen molar-refractivity contribution in [2.24, 2.45) is 0 Å². The van der Waals surface area contributed by atoms with Crippen molar-refractivity contribution in [3.8, 4) is 5.69 Å². The quantitative estimate of drug-likeness (QED) is 0.621. The topological polar surface area (TPSA) is 77.2 Å². The average Bonchev–Trinajstić information content (AvgIpc) is 3.35. The standard InChI is InChI=1S/C20H21ClN4O3S/c1-15-18(20(21)25(22-15)16-7-3-2-4-8-16)14-23-13-17(9-10-19(23)26)29(27,28)24-11-5-6-12-24/h2-4,7-10,13H,5-6,11-12,14H2,1H3. The smallest absolute Gasteiger partial charge is 0.250 e. The predicted octanol–water partition coefficient (Wildman–Crippen LogP) is 2.83. The van der Waals surface area contributed by atoms with Crippen LogP contribution in [0.15, 0.2) is 58.4 Å². The number of benzene rings is 1. The van der Waals surface area contributed by atoms with Crippen LogP contribution in [0.5, 0.6) is 0 Å². The molecule has 1 aromatic carbocycles. The highest BCUT2D eigenvalue weighted by Gasteiger charge is 2.28. The van der Waals surface area contributed by atoms with Gasteiger partial charge in [-0.15, -0.1) is 0 Å². The van der Waals surface area contributed by atoms with Gasteiger partial charge in [0, 0.05) is 30.9 Å². The summed E-state index contributed by atoms with van der Waals surface area (Å²) in [7, 11) is -3.61. The summed E-state index contributed by atoms with van der Waals surface area (Å²) in [5.74, 6) is 0. The fourth-order valence-corrected chi connectivity index (χ4v) is 5.35. The summed E-state index contributed by atoms with van der Waals surface area (Å²) in [6, 6.07) is 12.1. The Morgan fingerprint density at radius 2 is 1.76 bits per heavy atom. The van der Waals surface area contributed by atoms with E-state index in [0.29, 0.717) is 29.5 Å². The fraction of sp³-hybridized carbons (Fsp3) is 0.300. The first-order valence-electron chi connectivity index (χ1n) is 9.38. The van der Waals surface area contributed by atoms with Crippen molar-refractivity contribution in [2.75, 3.05) is 13.1 Å². The number of aryl methyl sites for hydroxylation is 1. The van der Waals surface area contributed by atoms with Crippen LogP contribution in [0.4, 0.5) is 0 Å². The van der Waals surface area contributed by atoms with Gasteiger partial charge in [0.2, 0.25) is 10.0 Å². The molecule has 0 spiro atoms. The van der Waals surface area contributed by atoms with E-state index in [2.05, 4.69) is 5.10 Å². The largest absolute Gasteiger partial charge is 0.310 e. The van der Waals surface area contributed by atoms with E-state index in [9.17, 15) is 13.2 Å². The normalized spacial score (nSPS) is 15.1. The second-order valence-electron chi connectivity index (χ2n) is 7.04. The summed E-state index contributed by atoms with van der Waals surface area (Å²) in [5.41, 5.74) is 1.87. The first kappa shape index (κ1) is 19.9. The molecule has 2 aromatic heterocycles. The van der Waals surface area contributed by atoms with Crippen LogP contribution in [0.3, 0.4) is 0 Å². The maximum Gasteiger partial charge on any atom is 0.250 e. The second kappa shape index (κ2) is 7.78. The van der Waals surface area contributed by atoms with Crippen LogP contribution in [-0.4, -0.2) is 40.2 Å². The zero-order valence-electron chi connectivity index (χ0n) is 16.0. The van der Waals surface area contributed by atoms with Crippen LogP contribution in [0.1, 0.15) is 24.1 Å². The van der Waals surface area contributed by atoms with Gasteiger partial charge in [-0.25, -0.2) is 13.1 Å². The van der Waals surface area contributed by atoms with E-state index < -0.39 is 10.0 Å².